The molecule has 0 spiro atoms. The monoisotopic (exact) mass is 594 g/mol. The number of ether oxygens (including phenoxy) is 1. The molecule has 3 saturated heterocycles. The standard InChI is InChI=1S/C24H34N4O5.4H2S/c1-24(2,3)21(23(32)28-13-17(29)20-19(28)18(30)14-33-20)25-22(31)15-5-7-16(8-6-15)27-11-9-26(4)10-12-27;;;;/h5-8,17,19-21,29H,9-14H2,1-4H3,(H,25,31);4*1H2/t17-,19+,20+,21+;;;;/m0..../s1. The molecular formula is C24H42N4O5S4. The number of nitrogens with one attached hydrogen (secondary N) is 1. The van der Waals surface area contributed by atoms with Crippen LogP contribution in [0.1, 0.15) is 31.1 Å². The summed E-state index contributed by atoms with van der Waals surface area (Å²) in [5.74, 6) is -0.947. The third-order valence-electron chi connectivity index (χ3n) is 6.83. The number of rotatable bonds is 4. The maximum Gasteiger partial charge on any atom is 0.251 e. The Morgan fingerprint density at radius 2 is 1.59 bits per heavy atom. The fraction of sp³-hybridized carbons (Fsp3) is 0.625. The summed E-state index contributed by atoms with van der Waals surface area (Å²) in [5.41, 5.74) is 0.937. The zero-order chi connectivity index (χ0) is 23.9. The summed E-state index contributed by atoms with van der Waals surface area (Å²) in [6, 6.07) is 5.77. The molecule has 13 heteroatoms. The molecule has 37 heavy (non-hydrogen) atoms. The Kier molecular flexibility index (Phi) is 13.9. The van der Waals surface area contributed by atoms with Crippen molar-refractivity contribution in [1.29, 1.82) is 0 Å². The number of anilines is 1. The Hall–Kier alpha value is -1.09. The number of amides is 2. The van der Waals surface area contributed by atoms with Crippen molar-refractivity contribution in [3.05, 3.63) is 29.8 Å². The first kappa shape index (κ1) is 35.9. The Labute approximate surface area is 247 Å². The minimum Gasteiger partial charge on any atom is -0.388 e. The van der Waals surface area contributed by atoms with Crippen molar-refractivity contribution in [1.82, 2.24) is 15.1 Å². The number of benzene rings is 1. The predicted octanol–water partition coefficient (Wildman–Crippen LogP) is 0.574. The topological polar surface area (TPSA) is 102 Å². The molecule has 0 saturated carbocycles. The molecule has 0 bridgehead atoms. The second-order valence-corrected chi connectivity index (χ2v) is 10.4. The molecule has 3 heterocycles. The molecule has 4 rings (SSSR count). The van der Waals surface area contributed by atoms with Gasteiger partial charge >= 0.3 is 0 Å². The summed E-state index contributed by atoms with van der Waals surface area (Å²) in [6.45, 7) is 9.38. The van der Waals surface area contributed by atoms with E-state index in [2.05, 4.69) is 22.2 Å². The van der Waals surface area contributed by atoms with Gasteiger partial charge in [-0.15, -0.1) is 0 Å². The quantitative estimate of drug-likeness (QED) is 0.526. The molecule has 9 nitrogen and oxygen atoms in total. The highest BCUT2D eigenvalue weighted by molar-refractivity contribution is 7.59. The number of β-amino-alcohol motifs (C(OH)–C–C–N with tert-alkyl or cyclic N) is 1. The normalized spacial score (nSPS) is 24.0. The number of Topliss-reactive ketones (excluding diaryl/α,β-unsaturated/α-hetero) is 1. The van der Waals surface area contributed by atoms with E-state index in [1.807, 2.05) is 32.9 Å². The van der Waals surface area contributed by atoms with Crippen LogP contribution in [-0.2, 0) is 14.3 Å². The van der Waals surface area contributed by atoms with E-state index in [1.165, 1.54) is 4.90 Å². The van der Waals surface area contributed by atoms with Crippen LogP contribution in [0.5, 0.6) is 0 Å². The molecule has 2 N–H and O–H groups in total. The molecule has 1 aromatic rings. The van der Waals surface area contributed by atoms with Crippen molar-refractivity contribution in [3.63, 3.8) is 0 Å². The van der Waals surface area contributed by atoms with Crippen LogP contribution in [0.25, 0.3) is 0 Å². The molecule has 0 unspecified atom stereocenters. The van der Waals surface area contributed by atoms with Gasteiger partial charge in [0.15, 0.2) is 5.78 Å². The minimum atomic E-state index is -0.913. The smallest absolute Gasteiger partial charge is 0.251 e. The highest BCUT2D eigenvalue weighted by Gasteiger charge is 2.53. The zero-order valence-electron chi connectivity index (χ0n) is 21.8. The number of hydrogen-bond donors (Lipinski definition) is 2. The van der Waals surface area contributed by atoms with Gasteiger partial charge < -0.3 is 29.9 Å². The van der Waals surface area contributed by atoms with Gasteiger partial charge in [-0.1, -0.05) is 20.8 Å². The van der Waals surface area contributed by atoms with Gasteiger partial charge in [0, 0.05) is 37.4 Å². The van der Waals surface area contributed by atoms with Crippen LogP contribution in [0, 0.1) is 5.41 Å². The van der Waals surface area contributed by atoms with Gasteiger partial charge in [-0.2, -0.15) is 54.0 Å². The lowest BCUT2D eigenvalue weighted by atomic mass is 9.85. The number of carbonyl (C=O) groups excluding carboxylic acids is 3. The second-order valence-electron chi connectivity index (χ2n) is 10.4. The molecule has 0 aliphatic carbocycles. The fourth-order valence-corrected chi connectivity index (χ4v) is 4.77. The van der Waals surface area contributed by atoms with E-state index in [1.54, 1.807) is 12.1 Å². The van der Waals surface area contributed by atoms with Crippen molar-refractivity contribution < 1.29 is 24.2 Å². The number of ketones is 1. The van der Waals surface area contributed by atoms with Crippen molar-refractivity contribution in [2.24, 2.45) is 5.41 Å². The largest absolute Gasteiger partial charge is 0.388 e. The zero-order valence-corrected chi connectivity index (χ0v) is 25.8. The number of nitrogens with zero attached hydrogens (tertiary/aromatic N) is 3. The summed E-state index contributed by atoms with van der Waals surface area (Å²) < 4.78 is 5.38. The van der Waals surface area contributed by atoms with E-state index in [-0.39, 0.29) is 84.7 Å². The SMILES string of the molecule is CN1CCN(c2ccc(C(=O)N[C@H](C(=O)N3C[C@H](O)[C@H]4OCC(=O)[C@H]43)C(C)(C)C)cc2)CC1.S.S.S.S. The molecule has 4 atom stereocenters. The van der Waals surface area contributed by atoms with Crippen molar-refractivity contribution in [2.45, 2.75) is 45.1 Å². The first-order chi connectivity index (χ1) is 15.6. The van der Waals surface area contributed by atoms with E-state index < -0.39 is 29.7 Å². The van der Waals surface area contributed by atoms with Crippen LogP contribution in [-0.4, -0.2) is 103 Å². The average molecular weight is 595 g/mol. The molecule has 2 amide bonds. The van der Waals surface area contributed by atoms with E-state index in [9.17, 15) is 19.5 Å². The second kappa shape index (κ2) is 14.3. The van der Waals surface area contributed by atoms with Crippen LogP contribution in [0.3, 0.4) is 0 Å². The Balaban J connectivity index is 0.00000324. The van der Waals surface area contributed by atoms with Gasteiger partial charge in [0.05, 0.1) is 6.54 Å². The number of hydrogen-bond acceptors (Lipinski definition) is 7. The van der Waals surface area contributed by atoms with Gasteiger partial charge in [0.2, 0.25) is 5.91 Å². The lowest BCUT2D eigenvalue weighted by molar-refractivity contribution is -0.140. The average Bonchev–Trinajstić information content (AvgIpc) is 3.32. The lowest BCUT2D eigenvalue weighted by Gasteiger charge is -2.35. The van der Waals surface area contributed by atoms with E-state index in [0.717, 1.165) is 31.9 Å². The van der Waals surface area contributed by atoms with Crippen LogP contribution >= 0.6 is 54.0 Å². The summed E-state index contributed by atoms with van der Waals surface area (Å²) in [5, 5.41) is 13.1. The fourth-order valence-electron chi connectivity index (χ4n) is 4.77. The van der Waals surface area contributed by atoms with Crippen LogP contribution in [0.15, 0.2) is 24.3 Å². The van der Waals surface area contributed by atoms with Crippen LogP contribution in [0.2, 0.25) is 0 Å². The first-order valence-electron chi connectivity index (χ1n) is 11.5. The summed E-state index contributed by atoms with van der Waals surface area (Å²) in [4.78, 5) is 44.8. The van der Waals surface area contributed by atoms with Crippen molar-refractivity contribution >= 4 is 77.3 Å². The molecule has 3 fully saturated rings. The van der Waals surface area contributed by atoms with Gasteiger partial charge in [0.25, 0.3) is 5.91 Å². The van der Waals surface area contributed by atoms with E-state index in [4.69, 9.17) is 4.74 Å². The van der Waals surface area contributed by atoms with Crippen molar-refractivity contribution in [3.8, 4) is 0 Å². The molecule has 3 aliphatic rings. The van der Waals surface area contributed by atoms with Crippen LogP contribution < -0.4 is 10.2 Å². The Morgan fingerprint density at radius 3 is 2.14 bits per heavy atom. The van der Waals surface area contributed by atoms with Gasteiger partial charge in [0.1, 0.15) is 30.9 Å². The summed E-state index contributed by atoms with van der Waals surface area (Å²) in [6.07, 6.45) is -1.61. The van der Waals surface area contributed by atoms with E-state index in [0.29, 0.717) is 5.56 Å². The predicted molar refractivity (Wildman–Crippen MR) is 165 cm³/mol. The highest BCUT2D eigenvalue weighted by Crippen LogP contribution is 2.31. The number of aliphatic hydroxyl groups excluding tert-OH is 1. The lowest BCUT2D eigenvalue weighted by Crippen LogP contribution is -2.57. The Bertz CT molecular complexity index is 923. The number of likely N-dealkylation sites (N-methyl/N-ethyl adjacent to an activating group) is 1. The number of piperazine rings is 1. The molecule has 212 valence electrons. The minimum absolute atomic E-state index is 0. The first-order valence-corrected chi connectivity index (χ1v) is 11.5. The summed E-state index contributed by atoms with van der Waals surface area (Å²) >= 11 is 0. The van der Waals surface area contributed by atoms with Gasteiger partial charge in [-0.05, 0) is 36.7 Å². The number of likely N-dealkylation sites (tertiary alicyclic amines) is 1. The number of fused-ring (bicyclic) bond motifs is 1. The van der Waals surface area contributed by atoms with Crippen molar-refractivity contribution in [2.75, 3.05) is 51.3 Å². The number of aliphatic hydroxyl groups is 1. The molecule has 3 aliphatic heterocycles. The summed E-state index contributed by atoms with van der Waals surface area (Å²) in [7, 11) is 2.11. The molecular weight excluding hydrogens is 553 g/mol. The van der Waals surface area contributed by atoms with Crippen LogP contribution in [0.4, 0.5) is 5.69 Å². The number of carbonyl (C=O) groups is 3. The molecule has 0 radical (unpaired) electrons. The third kappa shape index (κ3) is 7.74. The Morgan fingerprint density at radius 1 is 1.03 bits per heavy atom. The van der Waals surface area contributed by atoms with Gasteiger partial charge in [-0.3, -0.25) is 14.4 Å². The highest BCUT2D eigenvalue weighted by atomic mass is 32.1. The van der Waals surface area contributed by atoms with E-state index >= 15 is 0 Å². The molecule has 1 aromatic carbocycles. The maximum atomic E-state index is 13.5. The maximum absolute atomic E-state index is 13.5. The third-order valence-corrected chi connectivity index (χ3v) is 6.83. The molecule has 0 aromatic heterocycles. The van der Waals surface area contributed by atoms with Gasteiger partial charge in [-0.25, -0.2) is 0 Å².